The molecule has 1 aliphatic carbocycles. The zero-order valence-electron chi connectivity index (χ0n) is 28.6. The van der Waals surface area contributed by atoms with Crippen molar-refractivity contribution in [3.63, 3.8) is 0 Å². The number of aliphatic carboxylic acids is 1. The van der Waals surface area contributed by atoms with Crippen molar-refractivity contribution in [3.05, 3.63) is 78.3 Å². The lowest BCUT2D eigenvalue weighted by atomic mass is 10.0. The summed E-state index contributed by atoms with van der Waals surface area (Å²) in [7, 11) is 1.59. The lowest BCUT2D eigenvalue weighted by Gasteiger charge is -2.29. The summed E-state index contributed by atoms with van der Waals surface area (Å²) in [5.41, 5.74) is 1.03. The number of thiazole rings is 1. The lowest BCUT2D eigenvalue weighted by Crippen LogP contribution is -2.56. The van der Waals surface area contributed by atoms with Crippen LogP contribution in [-0.4, -0.2) is 85.1 Å². The molecule has 52 heavy (non-hydrogen) atoms. The Morgan fingerprint density at radius 3 is 2.56 bits per heavy atom. The molecule has 4 N–H and O–H groups in total. The van der Waals surface area contributed by atoms with Crippen LogP contribution in [0.2, 0.25) is 0 Å². The van der Waals surface area contributed by atoms with Gasteiger partial charge in [-0.05, 0) is 62.1 Å². The highest BCUT2D eigenvalue weighted by Gasteiger charge is 2.61. The van der Waals surface area contributed by atoms with Crippen LogP contribution in [-0.2, 0) is 14.4 Å². The molecule has 270 valence electrons. The summed E-state index contributed by atoms with van der Waals surface area (Å²) in [6, 6.07) is 13.3. The molecular weight excluding hydrogens is 685 g/mol. The summed E-state index contributed by atoms with van der Waals surface area (Å²) in [5.74, 6) is -1.78. The minimum absolute atomic E-state index is 0.0623. The molecule has 1 saturated carbocycles. The Hall–Kier alpha value is -5.57. The van der Waals surface area contributed by atoms with Gasteiger partial charge in [0.2, 0.25) is 11.8 Å². The van der Waals surface area contributed by atoms with Crippen molar-refractivity contribution < 1.29 is 29.0 Å². The van der Waals surface area contributed by atoms with Crippen molar-refractivity contribution in [3.8, 4) is 27.7 Å². The van der Waals surface area contributed by atoms with Gasteiger partial charge in [-0.15, -0.1) is 16.4 Å². The molecule has 0 radical (unpaired) electrons. The van der Waals surface area contributed by atoms with Crippen molar-refractivity contribution in [1.29, 1.82) is 0 Å². The third-order valence-electron chi connectivity index (χ3n) is 9.93. The highest BCUT2D eigenvalue weighted by Crippen LogP contribution is 2.46. The number of hydrogen-bond acceptors (Lipinski definition) is 9. The van der Waals surface area contributed by atoms with E-state index in [0.29, 0.717) is 40.7 Å². The zero-order valence-corrected chi connectivity index (χ0v) is 29.4. The van der Waals surface area contributed by atoms with Gasteiger partial charge in [0.25, 0.3) is 0 Å². The number of ether oxygens (including phenoxy) is 1. The molecule has 2 aromatic heterocycles. The highest BCUT2D eigenvalue weighted by atomic mass is 32.1. The van der Waals surface area contributed by atoms with Gasteiger partial charge >= 0.3 is 12.0 Å². The number of methoxy groups -OCH3 is 1. The third kappa shape index (κ3) is 7.26. The number of urea groups is 1. The van der Waals surface area contributed by atoms with Crippen LogP contribution in [0.5, 0.6) is 5.75 Å². The summed E-state index contributed by atoms with van der Waals surface area (Å²) < 4.78 is 5.34. The summed E-state index contributed by atoms with van der Waals surface area (Å²) in [4.78, 5) is 61.9. The van der Waals surface area contributed by atoms with Gasteiger partial charge in [0.05, 0.1) is 13.2 Å². The van der Waals surface area contributed by atoms with E-state index in [1.807, 2.05) is 47.9 Å². The van der Waals surface area contributed by atoms with Crippen LogP contribution in [0.15, 0.2) is 78.3 Å². The van der Waals surface area contributed by atoms with E-state index >= 15 is 0 Å². The van der Waals surface area contributed by atoms with Gasteiger partial charge in [0, 0.05) is 41.7 Å². The molecule has 4 heterocycles. The molecule has 5 atom stereocenters. The second-order valence-electron chi connectivity index (χ2n) is 13.3. The zero-order chi connectivity index (χ0) is 36.2. The first-order chi connectivity index (χ1) is 25.3. The number of para-hydroxylation sites is 1. The first-order valence-electron chi connectivity index (χ1n) is 17.4. The molecule has 14 nitrogen and oxygen atoms in total. The largest absolute Gasteiger partial charge is 0.497 e. The normalized spacial score (nSPS) is 25.4. The van der Waals surface area contributed by atoms with E-state index in [0.717, 1.165) is 24.8 Å². The van der Waals surface area contributed by atoms with E-state index < -0.39 is 47.5 Å². The number of fused-ring (bicyclic) bond motifs is 2. The molecule has 2 fully saturated rings. The Morgan fingerprint density at radius 2 is 1.83 bits per heavy atom. The van der Waals surface area contributed by atoms with Crippen molar-refractivity contribution >= 4 is 40.8 Å². The molecule has 7 rings (SSSR count). The highest BCUT2D eigenvalue weighted by molar-refractivity contribution is 7.13. The van der Waals surface area contributed by atoms with Gasteiger partial charge in [0.1, 0.15) is 39.8 Å². The third-order valence-corrected chi connectivity index (χ3v) is 10.7. The van der Waals surface area contributed by atoms with E-state index in [1.54, 1.807) is 37.6 Å². The van der Waals surface area contributed by atoms with Gasteiger partial charge in [-0.2, -0.15) is 9.90 Å². The minimum Gasteiger partial charge on any atom is -0.497 e. The number of rotatable bonds is 7. The fourth-order valence-electron chi connectivity index (χ4n) is 7.01. The van der Waals surface area contributed by atoms with Gasteiger partial charge in [-0.3, -0.25) is 9.59 Å². The number of anilines is 1. The number of amides is 4. The van der Waals surface area contributed by atoms with Gasteiger partial charge in [0.15, 0.2) is 0 Å². The molecule has 2 aromatic carbocycles. The van der Waals surface area contributed by atoms with Crippen LogP contribution < -0.4 is 20.7 Å². The van der Waals surface area contributed by atoms with Crippen LogP contribution >= 0.6 is 11.3 Å². The first-order valence-corrected chi connectivity index (χ1v) is 18.3. The average molecular weight is 725 g/mol. The Morgan fingerprint density at radius 1 is 1.04 bits per heavy atom. The van der Waals surface area contributed by atoms with E-state index in [4.69, 9.17) is 14.9 Å². The Kier molecular flexibility index (Phi) is 10.0. The van der Waals surface area contributed by atoms with Crippen LogP contribution in [0.25, 0.3) is 22.0 Å². The number of carboxylic acid groups (broad SMARTS) is 1. The van der Waals surface area contributed by atoms with E-state index in [-0.39, 0.29) is 25.3 Å². The van der Waals surface area contributed by atoms with Crippen molar-refractivity contribution in [2.24, 2.45) is 5.92 Å². The number of carbonyl (C=O) groups is 4. The van der Waals surface area contributed by atoms with Crippen LogP contribution in [0.3, 0.4) is 0 Å². The van der Waals surface area contributed by atoms with Crippen molar-refractivity contribution in [1.82, 2.24) is 35.5 Å². The topological polar surface area (TPSA) is 181 Å². The molecule has 4 amide bonds. The summed E-state index contributed by atoms with van der Waals surface area (Å²) in [5, 5.41) is 30.9. The van der Waals surface area contributed by atoms with Crippen LogP contribution in [0.4, 0.5) is 10.5 Å². The van der Waals surface area contributed by atoms with Crippen molar-refractivity contribution in [2.45, 2.75) is 68.6 Å². The molecule has 4 aromatic rings. The lowest BCUT2D eigenvalue weighted by molar-refractivity contribution is -0.145. The van der Waals surface area contributed by atoms with E-state index in [9.17, 15) is 24.3 Å². The monoisotopic (exact) mass is 724 g/mol. The maximum absolute atomic E-state index is 14.5. The number of carboxylic acids is 1. The van der Waals surface area contributed by atoms with Gasteiger partial charge in [-0.1, -0.05) is 43.2 Å². The smallest absolute Gasteiger partial charge is 0.330 e. The number of allylic oxidation sites excluding steroid dienone is 1. The first kappa shape index (κ1) is 34.9. The Balaban J connectivity index is 1.22. The second-order valence-corrected chi connectivity index (χ2v) is 14.2. The van der Waals surface area contributed by atoms with Crippen LogP contribution in [0.1, 0.15) is 51.0 Å². The molecule has 15 heteroatoms. The van der Waals surface area contributed by atoms with E-state index in [2.05, 4.69) is 20.9 Å². The molecule has 1 saturated heterocycles. The predicted octanol–water partition coefficient (Wildman–Crippen LogP) is 4.89. The number of nitrogens with one attached hydrogen (secondary N) is 3. The number of nitrogens with zero attached hydrogens (tertiary/aromatic N) is 5. The maximum Gasteiger partial charge on any atom is 0.330 e. The molecule has 2 aliphatic heterocycles. The fourth-order valence-corrected chi connectivity index (χ4v) is 7.63. The van der Waals surface area contributed by atoms with Crippen molar-refractivity contribution in [2.75, 3.05) is 19.0 Å². The number of carbonyl (C=O) groups excluding carboxylic acids is 3. The Labute approximate surface area is 304 Å². The minimum atomic E-state index is -1.45. The quantitative estimate of drug-likeness (QED) is 0.193. The number of benzene rings is 2. The summed E-state index contributed by atoms with van der Waals surface area (Å²) in [6.45, 7) is 0.0623. The molecule has 0 spiro atoms. The SMILES string of the molecule is COc1ccc(-c2nn([C@@H]3C[C@H]4C(=O)N[C@]5(C(=O)O)C[C@@H]5/C=C\CCCCC[C@H](NC(=O)Nc5ccccc5)C(=O)N4C3)nc2-c2nccs2)cc1. The maximum atomic E-state index is 14.5. The standard InChI is InChI=1S/C37H40N8O6S/c1-51-27-16-14-23(15-17-27)30-31(33-38-18-19-52-33)43-45(42-30)26-20-29-32(46)41-37(35(48)49)21-24(37)10-6-3-2-4-9-13-28(34(47)44(29)22-26)40-36(50)39-25-11-7-5-8-12-25/h5-8,10-12,14-19,24,26,28-29H,2-4,9,13,20-22H2,1H3,(H,41,46)(H,48,49)(H2,39,40,50)/b10-6-/t24-,26+,28-,29-,37+/m0/s1. The van der Waals surface area contributed by atoms with Crippen LogP contribution in [0, 0.1) is 5.92 Å². The molecule has 3 aliphatic rings. The molecule has 0 unspecified atom stereocenters. The number of aromatic nitrogens is 4. The van der Waals surface area contributed by atoms with Gasteiger partial charge < -0.3 is 30.7 Å². The van der Waals surface area contributed by atoms with E-state index in [1.165, 1.54) is 21.0 Å². The van der Waals surface area contributed by atoms with Gasteiger partial charge in [-0.25, -0.2) is 14.6 Å². The second kappa shape index (κ2) is 15.0. The summed E-state index contributed by atoms with van der Waals surface area (Å²) in [6.07, 6.45) is 9.34. The predicted molar refractivity (Wildman–Crippen MR) is 193 cm³/mol. The Bertz CT molecular complexity index is 1950. The fraction of sp³-hybridized carbons (Fsp3) is 0.378. The molecular formula is C37H40N8O6S. The summed E-state index contributed by atoms with van der Waals surface area (Å²) >= 11 is 1.41. The average Bonchev–Trinajstić information content (AvgIpc) is 3.60. The number of hydrogen-bond donors (Lipinski definition) is 4. The molecule has 0 bridgehead atoms.